The highest BCUT2D eigenvalue weighted by Crippen LogP contribution is 2.68. The Morgan fingerprint density at radius 1 is 0.880 bits per heavy atom. The number of rotatable bonds is 24. The molecule has 0 aliphatic heterocycles. The van der Waals surface area contributed by atoms with Gasteiger partial charge in [-0.15, -0.1) is 0 Å². The van der Waals surface area contributed by atoms with E-state index in [9.17, 15) is 66.1 Å². The Balaban J connectivity index is 1.30. The van der Waals surface area contributed by atoms with Crippen LogP contribution in [0.1, 0.15) is 66.1 Å². The van der Waals surface area contributed by atoms with Crippen molar-refractivity contribution in [2.24, 2.45) is 5.92 Å². The van der Waals surface area contributed by atoms with E-state index in [-0.39, 0.29) is 69.9 Å². The summed E-state index contributed by atoms with van der Waals surface area (Å²) >= 11 is 6.66. The summed E-state index contributed by atoms with van der Waals surface area (Å²) in [7, 11) is -13.5. The van der Waals surface area contributed by atoms with Crippen LogP contribution in [0.2, 0.25) is 5.02 Å². The number of hydrogen-bond acceptors (Lipinski definition) is 15. The smallest absolute Gasteiger partial charge is 0.446 e. The van der Waals surface area contributed by atoms with Crippen LogP contribution in [0.4, 0.5) is 54.5 Å². The Bertz CT molecular complexity index is 3630. The van der Waals surface area contributed by atoms with Crippen LogP contribution in [0.3, 0.4) is 0 Å². The molecule has 2 aliphatic carbocycles. The first-order valence-electron chi connectivity index (χ1n) is 24.3. The van der Waals surface area contributed by atoms with Crippen molar-refractivity contribution in [2.45, 2.75) is 74.8 Å². The Hall–Kier alpha value is -5.95. The summed E-state index contributed by atoms with van der Waals surface area (Å²) in [6.07, 6.45) is -11.9. The van der Waals surface area contributed by atoms with Gasteiger partial charge in [-0.1, -0.05) is 23.6 Å². The zero-order valence-electron chi connectivity index (χ0n) is 43.7. The number of sulfone groups is 1. The first kappa shape index (κ1) is 64.6. The lowest BCUT2D eigenvalue weighted by atomic mass is 9.93. The van der Waals surface area contributed by atoms with Gasteiger partial charge in [-0.3, -0.25) is 18.7 Å². The van der Waals surface area contributed by atoms with E-state index < -0.39 is 182 Å². The molecule has 2 aliphatic rings. The summed E-state index contributed by atoms with van der Waals surface area (Å²) in [5, 5.41) is 8.50. The van der Waals surface area contributed by atoms with Gasteiger partial charge in [-0.25, -0.2) is 40.0 Å². The molecule has 3 heterocycles. The van der Waals surface area contributed by atoms with E-state index in [1.165, 1.54) is 13.8 Å². The molecule has 2 aromatic carbocycles. The van der Waals surface area contributed by atoms with Gasteiger partial charge >= 0.3 is 26.3 Å². The number of ether oxygens (including phenoxy) is 4. The third-order valence-corrected chi connectivity index (χ3v) is 16.5. The fourth-order valence-corrected chi connectivity index (χ4v) is 10.3. The van der Waals surface area contributed by atoms with E-state index >= 15 is 8.78 Å². The quantitative estimate of drug-likeness (QED) is 0.0236. The van der Waals surface area contributed by atoms with Crippen LogP contribution in [0.25, 0.3) is 22.0 Å². The molecule has 7 rings (SSSR count). The third-order valence-electron chi connectivity index (χ3n) is 12.7. The van der Waals surface area contributed by atoms with Crippen molar-refractivity contribution < 1.29 is 108 Å². The number of phosphoric acid groups is 1. The minimum Gasteiger partial charge on any atom is -0.446 e. The molecule has 0 unspecified atom stereocenters. The molecule has 2 amide bonds. The minimum atomic E-state index is -5.25. The van der Waals surface area contributed by atoms with Crippen LogP contribution in [-0.4, -0.2) is 139 Å². The summed E-state index contributed by atoms with van der Waals surface area (Å²) in [4.78, 5) is 49.9. The molecular weight excluding hydrogens is 1220 g/mol. The largest absolute Gasteiger partial charge is 0.469 e. The zero-order valence-corrected chi connectivity index (χ0v) is 46.9. The molecule has 0 saturated heterocycles. The highest BCUT2D eigenvalue weighted by atomic mass is 35.5. The maximum atomic E-state index is 15.7. The fourth-order valence-electron chi connectivity index (χ4n) is 8.78. The van der Waals surface area contributed by atoms with Crippen molar-refractivity contribution in [3.8, 4) is 23.0 Å². The van der Waals surface area contributed by atoms with Crippen LogP contribution in [-0.2, 0) is 84.3 Å². The van der Waals surface area contributed by atoms with Gasteiger partial charge in [-0.2, -0.15) is 49.6 Å². The number of sulfonamides is 1. The van der Waals surface area contributed by atoms with E-state index in [4.69, 9.17) is 40.3 Å². The normalized spacial score (nSPS) is 16.5. The van der Waals surface area contributed by atoms with Gasteiger partial charge in [0, 0.05) is 34.9 Å². The number of halogens is 11. The summed E-state index contributed by atoms with van der Waals surface area (Å²) in [6.45, 7) is -2.72. The molecule has 1 saturated carbocycles. The SMILES string of the molecule is CC(C)(C#Cc1ccc(-c2ccc(Cl)c3c(N(C(=O)OCCOCCOCCOCCOP(=O)(O)O)S(C)(=O)=O)nn(CC(F)(F)F)c23)c([C@H](Cc2cc(F)cc(F)c2)NC(=O)Cn2nc(C(F)(F)F)c3c2C(F)(F)[C@@H]2C[C@H]32)n1)S(C)(=O)=O. The molecule has 0 bridgehead atoms. The molecule has 35 heteroatoms. The van der Waals surface area contributed by atoms with Crippen molar-refractivity contribution >= 4 is 68.0 Å². The number of fused-ring (bicyclic) bond motifs is 4. The number of benzene rings is 2. The van der Waals surface area contributed by atoms with Crippen molar-refractivity contribution in [1.82, 2.24) is 29.9 Å². The lowest BCUT2D eigenvalue weighted by Crippen LogP contribution is -2.37. The number of carbonyl (C=O) groups is 2. The van der Waals surface area contributed by atoms with Gasteiger partial charge in [0.15, 0.2) is 21.3 Å². The molecule has 3 aromatic heterocycles. The highest BCUT2D eigenvalue weighted by Gasteiger charge is 2.68. The van der Waals surface area contributed by atoms with E-state index in [0.717, 1.165) is 42.7 Å². The zero-order chi connectivity index (χ0) is 61.4. The lowest BCUT2D eigenvalue weighted by Gasteiger charge is -2.23. The van der Waals surface area contributed by atoms with Gasteiger partial charge in [0.05, 0.1) is 80.2 Å². The Morgan fingerprint density at radius 3 is 2.04 bits per heavy atom. The summed E-state index contributed by atoms with van der Waals surface area (Å²) in [5.41, 5.74) is -6.20. The van der Waals surface area contributed by atoms with Crippen LogP contribution in [0.15, 0.2) is 42.5 Å². The number of aromatic nitrogens is 5. The van der Waals surface area contributed by atoms with E-state index in [1.807, 2.05) is 0 Å². The van der Waals surface area contributed by atoms with Crippen molar-refractivity contribution in [3.63, 3.8) is 0 Å². The second-order valence-electron chi connectivity index (χ2n) is 19.3. The van der Waals surface area contributed by atoms with Crippen LogP contribution in [0.5, 0.6) is 0 Å². The first-order chi connectivity index (χ1) is 38.4. The summed E-state index contributed by atoms with van der Waals surface area (Å²) < 4.78 is 234. The molecule has 83 heavy (non-hydrogen) atoms. The average Bonchev–Trinajstić information content (AvgIpc) is 1.55. The van der Waals surface area contributed by atoms with Crippen molar-refractivity contribution in [1.29, 1.82) is 0 Å². The van der Waals surface area contributed by atoms with Crippen LogP contribution in [0, 0.1) is 29.4 Å². The van der Waals surface area contributed by atoms with Crippen LogP contribution < -0.4 is 9.62 Å². The molecule has 3 atom stereocenters. The number of hydrogen-bond donors (Lipinski definition) is 3. The maximum Gasteiger partial charge on any atom is 0.469 e. The van der Waals surface area contributed by atoms with Gasteiger partial charge < -0.3 is 34.1 Å². The monoisotopic (exact) mass is 1270 g/mol. The Kier molecular flexibility index (Phi) is 19.1. The standard InChI is InChI=1S/C48H49ClF10N7O14PS2/c1-45(2,82(3,72)73)10-9-29-5-6-30(39(60-29)35(21-26-19-27(50)22-28(51)20-26)61-36(67)24-64-42-37(41(62-64)48(57,58)59)32-23-33(32)47(42,55)56)31-7-8-34(49)38-40(31)65(25-46(52,53)54)63-43(38)66(83(4,74)75)44(68)79-17-15-77-13-11-76-12-14-78-16-18-80-81(69,70)71/h5-8,19-20,22,32-33,35H,11-18,21,23-25H2,1-4H3,(H,61,67)(H2,69,70,71)/t32-,33+,35-/m0/s1. The number of nitrogens with zero attached hydrogens (tertiary/aromatic N) is 6. The topological polar surface area (TPSA) is 270 Å². The number of carbonyl (C=O) groups excluding carboxylic acids is 2. The number of pyridine rings is 1. The molecule has 0 spiro atoms. The van der Waals surface area contributed by atoms with E-state index in [2.05, 4.69) is 36.9 Å². The predicted octanol–water partition coefficient (Wildman–Crippen LogP) is 7.35. The maximum absolute atomic E-state index is 15.7. The first-order valence-corrected chi connectivity index (χ1v) is 29.9. The van der Waals surface area contributed by atoms with Crippen LogP contribution >= 0.6 is 19.4 Å². The Morgan fingerprint density at radius 2 is 1.47 bits per heavy atom. The molecule has 454 valence electrons. The molecule has 3 N–H and O–H groups in total. The average molecular weight is 1270 g/mol. The van der Waals surface area contributed by atoms with Gasteiger partial charge in [0.1, 0.15) is 47.5 Å². The minimum absolute atomic E-state index is 0.00431. The van der Waals surface area contributed by atoms with Gasteiger partial charge in [0.25, 0.3) is 5.92 Å². The lowest BCUT2D eigenvalue weighted by molar-refractivity contribution is -0.143. The second-order valence-corrected chi connectivity index (χ2v) is 25.4. The Labute approximate surface area is 470 Å². The van der Waals surface area contributed by atoms with E-state index in [0.29, 0.717) is 12.3 Å². The van der Waals surface area contributed by atoms with Gasteiger partial charge in [-0.05, 0) is 74.4 Å². The molecular formula is C48H49ClF10N7O14PS2. The molecule has 21 nitrogen and oxygen atoms in total. The number of alkyl halides is 8. The highest BCUT2D eigenvalue weighted by molar-refractivity contribution is 7.93. The number of amides is 2. The molecule has 1 fully saturated rings. The molecule has 0 radical (unpaired) electrons. The summed E-state index contributed by atoms with van der Waals surface area (Å²) in [5.74, 6) is -6.28. The van der Waals surface area contributed by atoms with E-state index in [1.54, 1.807) is 0 Å². The third kappa shape index (κ3) is 15.7. The second kappa shape index (κ2) is 24.6. The van der Waals surface area contributed by atoms with Crippen molar-refractivity contribution in [3.05, 3.63) is 93.0 Å². The number of anilines is 1. The van der Waals surface area contributed by atoms with Gasteiger partial charge in [0.2, 0.25) is 15.9 Å². The number of phosphoric ester groups is 1. The fraction of sp³-hybridized carbons (Fsp3) is 0.479. The van der Waals surface area contributed by atoms with Crippen molar-refractivity contribution in [2.75, 3.05) is 69.7 Å². The molecule has 5 aromatic rings. The number of nitrogens with one attached hydrogen (secondary N) is 1. The summed E-state index contributed by atoms with van der Waals surface area (Å²) in [6, 6.07) is 4.55. The predicted molar refractivity (Wildman–Crippen MR) is 272 cm³/mol.